The van der Waals surface area contributed by atoms with Crippen LogP contribution in [-0.4, -0.2) is 47.8 Å². The molecule has 2 heterocycles. The summed E-state index contributed by atoms with van der Waals surface area (Å²) in [6.07, 6.45) is 3.11. The van der Waals surface area contributed by atoms with Crippen LogP contribution in [0.15, 0.2) is 24.3 Å². The predicted molar refractivity (Wildman–Crippen MR) is 90.1 cm³/mol. The van der Waals surface area contributed by atoms with Crippen LogP contribution in [0, 0.1) is 23.2 Å². The Morgan fingerprint density at radius 3 is 2.42 bits per heavy atom. The van der Waals surface area contributed by atoms with Crippen LogP contribution in [0.3, 0.4) is 0 Å². The fourth-order valence-corrected chi connectivity index (χ4v) is 3.95. The van der Waals surface area contributed by atoms with Crippen molar-refractivity contribution in [2.75, 3.05) is 26.2 Å². The summed E-state index contributed by atoms with van der Waals surface area (Å²) >= 11 is 0. The molecule has 1 aromatic rings. The highest BCUT2D eigenvalue weighted by Crippen LogP contribution is 2.32. The number of hydrogen-bond acceptors (Lipinski definition) is 3. The highest BCUT2D eigenvalue weighted by molar-refractivity contribution is 5.94. The summed E-state index contributed by atoms with van der Waals surface area (Å²) in [5, 5.41) is 8.98. The lowest BCUT2D eigenvalue weighted by Gasteiger charge is -2.34. The molecule has 2 aliphatic heterocycles. The Hall–Kier alpha value is -2.35. The third-order valence-electron chi connectivity index (χ3n) is 5.40. The average molecular weight is 325 g/mol. The zero-order valence-corrected chi connectivity index (χ0v) is 14.1. The normalized spacial score (nSPS) is 21.6. The van der Waals surface area contributed by atoms with Crippen molar-refractivity contribution in [2.45, 2.75) is 26.2 Å². The zero-order chi connectivity index (χ0) is 17.1. The number of nitrogens with zero attached hydrogens (tertiary/aromatic N) is 3. The van der Waals surface area contributed by atoms with E-state index in [9.17, 15) is 9.59 Å². The van der Waals surface area contributed by atoms with Gasteiger partial charge >= 0.3 is 0 Å². The lowest BCUT2D eigenvalue weighted by Crippen LogP contribution is -2.39. The van der Waals surface area contributed by atoms with E-state index in [0.29, 0.717) is 23.0 Å². The Bertz CT molecular complexity index is 671. The summed E-state index contributed by atoms with van der Waals surface area (Å²) in [4.78, 5) is 27.9. The van der Waals surface area contributed by atoms with Crippen molar-refractivity contribution in [3.63, 3.8) is 0 Å². The summed E-state index contributed by atoms with van der Waals surface area (Å²) < 4.78 is 0. The number of carbonyl (C=O) groups excluding carboxylic acids is 2. The van der Waals surface area contributed by atoms with Crippen LogP contribution in [0.25, 0.3) is 0 Å². The number of likely N-dealkylation sites (tertiary alicyclic amines) is 2. The molecule has 0 radical (unpaired) electrons. The van der Waals surface area contributed by atoms with E-state index in [2.05, 4.69) is 6.07 Å². The molecule has 126 valence electrons. The van der Waals surface area contributed by atoms with Crippen LogP contribution in [0.4, 0.5) is 0 Å². The maximum Gasteiger partial charge on any atom is 0.253 e. The van der Waals surface area contributed by atoms with Crippen molar-refractivity contribution in [2.24, 2.45) is 11.8 Å². The third kappa shape index (κ3) is 3.43. The van der Waals surface area contributed by atoms with E-state index in [1.165, 1.54) is 0 Å². The van der Waals surface area contributed by atoms with Gasteiger partial charge in [-0.25, -0.2) is 0 Å². The van der Waals surface area contributed by atoms with Crippen LogP contribution < -0.4 is 0 Å². The number of amides is 2. The minimum Gasteiger partial charge on any atom is -0.343 e. The molecule has 5 heteroatoms. The molecule has 5 nitrogen and oxygen atoms in total. The Morgan fingerprint density at radius 1 is 1.08 bits per heavy atom. The molecule has 1 atom stereocenters. The first kappa shape index (κ1) is 16.5. The molecule has 0 N–H and O–H groups in total. The lowest BCUT2D eigenvalue weighted by atomic mass is 9.84. The molecule has 2 amide bonds. The lowest BCUT2D eigenvalue weighted by molar-refractivity contribution is -0.130. The molecule has 0 aromatic heterocycles. The van der Waals surface area contributed by atoms with Gasteiger partial charge in [-0.1, -0.05) is 6.07 Å². The molecule has 0 bridgehead atoms. The molecule has 2 saturated heterocycles. The number of hydrogen-bond donors (Lipinski definition) is 0. The highest BCUT2D eigenvalue weighted by atomic mass is 16.2. The number of nitriles is 1. The summed E-state index contributed by atoms with van der Waals surface area (Å²) in [6.45, 7) is 4.89. The maximum absolute atomic E-state index is 12.6. The van der Waals surface area contributed by atoms with Crippen molar-refractivity contribution < 1.29 is 9.59 Å². The summed E-state index contributed by atoms with van der Waals surface area (Å²) in [5.41, 5.74) is 1.12. The van der Waals surface area contributed by atoms with E-state index in [-0.39, 0.29) is 11.8 Å². The molecule has 0 spiro atoms. The summed E-state index contributed by atoms with van der Waals surface area (Å²) in [5.74, 6) is 1.32. The molecule has 2 fully saturated rings. The van der Waals surface area contributed by atoms with Crippen molar-refractivity contribution in [3.05, 3.63) is 35.4 Å². The number of piperidine rings is 1. The second kappa shape index (κ2) is 7.04. The molecular weight excluding hydrogens is 302 g/mol. The van der Waals surface area contributed by atoms with E-state index in [1.54, 1.807) is 31.2 Å². The molecule has 24 heavy (non-hydrogen) atoms. The Balaban J connectivity index is 1.58. The van der Waals surface area contributed by atoms with Gasteiger partial charge in [0.1, 0.15) is 0 Å². The Labute approximate surface area is 142 Å². The molecule has 0 aliphatic carbocycles. The van der Waals surface area contributed by atoms with Gasteiger partial charge in [-0.05, 0) is 49.3 Å². The van der Waals surface area contributed by atoms with E-state index < -0.39 is 0 Å². The second-order valence-corrected chi connectivity index (χ2v) is 6.84. The van der Waals surface area contributed by atoms with E-state index >= 15 is 0 Å². The molecular formula is C19H23N3O2. The average Bonchev–Trinajstić information content (AvgIpc) is 3.11. The quantitative estimate of drug-likeness (QED) is 0.838. The van der Waals surface area contributed by atoms with Crippen LogP contribution in [0.5, 0.6) is 0 Å². The Kier molecular flexibility index (Phi) is 4.84. The van der Waals surface area contributed by atoms with Crippen LogP contribution in [0.1, 0.15) is 42.1 Å². The first-order valence-corrected chi connectivity index (χ1v) is 8.63. The second-order valence-electron chi connectivity index (χ2n) is 6.84. The number of rotatable bonds is 2. The number of benzene rings is 1. The smallest absolute Gasteiger partial charge is 0.253 e. The molecule has 1 unspecified atom stereocenters. The van der Waals surface area contributed by atoms with Crippen LogP contribution in [-0.2, 0) is 4.79 Å². The topological polar surface area (TPSA) is 64.4 Å². The Morgan fingerprint density at radius 2 is 1.75 bits per heavy atom. The summed E-state index contributed by atoms with van der Waals surface area (Å²) in [6, 6.07) is 9.01. The van der Waals surface area contributed by atoms with E-state index in [1.807, 2.05) is 9.80 Å². The van der Waals surface area contributed by atoms with E-state index in [4.69, 9.17) is 5.26 Å². The van der Waals surface area contributed by atoms with Gasteiger partial charge < -0.3 is 9.80 Å². The van der Waals surface area contributed by atoms with Gasteiger partial charge in [-0.2, -0.15) is 5.26 Å². The van der Waals surface area contributed by atoms with Crippen molar-refractivity contribution in [3.8, 4) is 6.07 Å². The van der Waals surface area contributed by atoms with Gasteiger partial charge in [-0.15, -0.1) is 0 Å². The van der Waals surface area contributed by atoms with Gasteiger partial charge in [0, 0.05) is 38.7 Å². The summed E-state index contributed by atoms with van der Waals surface area (Å²) in [7, 11) is 0. The van der Waals surface area contributed by atoms with Crippen LogP contribution >= 0.6 is 0 Å². The van der Waals surface area contributed by atoms with Crippen molar-refractivity contribution in [1.82, 2.24) is 9.80 Å². The first-order valence-electron chi connectivity index (χ1n) is 8.63. The van der Waals surface area contributed by atoms with Crippen molar-refractivity contribution >= 4 is 11.8 Å². The van der Waals surface area contributed by atoms with Gasteiger partial charge in [0.15, 0.2) is 0 Å². The largest absolute Gasteiger partial charge is 0.343 e. The SMILES string of the molecule is CC(=O)N1CCC(C2CCN(C(=O)c3cccc(C#N)c3)C2)CC1. The zero-order valence-electron chi connectivity index (χ0n) is 14.1. The monoisotopic (exact) mass is 325 g/mol. The molecule has 3 rings (SSSR count). The predicted octanol–water partition coefficient (Wildman–Crippen LogP) is 2.28. The molecule has 0 saturated carbocycles. The maximum atomic E-state index is 12.6. The minimum atomic E-state index is 0.0239. The standard InChI is InChI=1S/C19H23N3O2/c1-14(23)21-8-5-16(6-9-21)18-7-10-22(13-18)19(24)17-4-2-3-15(11-17)12-20/h2-4,11,16,18H,5-10,13H2,1H3. The van der Waals surface area contributed by atoms with Gasteiger partial charge in [0.2, 0.25) is 5.91 Å². The number of carbonyl (C=O) groups is 2. The van der Waals surface area contributed by atoms with Gasteiger partial charge in [-0.3, -0.25) is 9.59 Å². The van der Waals surface area contributed by atoms with Crippen LogP contribution in [0.2, 0.25) is 0 Å². The van der Waals surface area contributed by atoms with Gasteiger partial charge in [0.25, 0.3) is 5.91 Å². The fraction of sp³-hybridized carbons (Fsp3) is 0.526. The van der Waals surface area contributed by atoms with E-state index in [0.717, 1.165) is 45.4 Å². The van der Waals surface area contributed by atoms with Gasteiger partial charge in [0.05, 0.1) is 11.6 Å². The minimum absolute atomic E-state index is 0.0239. The molecule has 2 aliphatic rings. The molecule has 1 aromatic carbocycles. The van der Waals surface area contributed by atoms with Crippen molar-refractivity contribution in [1.29, 1.82) is 5.26 Å². The first-order chi connectivity index (χ1) is 11.6. The third-order valence-corrected chi connectivity index (χ3v) is 5.40. The fourth-order valence-electron chi connectivity index (χ4n) is 3.95. The highest BCUT2D eigenvalue weighted by Gasteiger charge is 2.34.